The number of aryl methyl sites for hydroxylation is 1. The van der Waals surface area contributed by atoms with Gasteiger partial charge >= 0.3 is 0 Å². The maximum Gasteiger partial charge on any atom is 0.0675 e. The fraction of sp³-hybridized carbons (Fsp3) is 0.357. The molecule has 1 saturated carbocycles. The Morgan fingerprint density at radius 3 is 2.89 bits per heavy atom. The van der Waals surface area contributed by atoms with Crippen LogP contribution in [-0.2, 0) is 6.54 Å². The molecular weight excluding hydrogens is 337 g/mol. The number of hydrogen-bond donors (Lipinski definition) is 1. The second-order valence-corrected chi connectivity index (χ2v) is 6.12. The summed E-state index contributed by atoms with van der Waals surface area (Å²) in [5.41, 5.74) is 3.78. The van der Waals surface area contributed by atoms with E-state index in [1.807, 2.05) is 17.1 Å². The van der Waals surface area contributed by atoms with Gasteiger partial charge in [-0.25, -0.2) is 4.68 Å². The van der Waals surface area contributed by atoms with E-state index in [-0.39, 0.29) is 0 Å². The molecule has 0 amide bonds. The minimum Gasteiger partial charge on any atom is -0.310 e. The molecule has 1 N–H and O–H groups in total. The van der Waals surface area contributed by atoms with E-state index in [1.54, 1.807) is 0 Å². The highest BCUT2D eigenvalue weighted by Gasteiger charge is 2.19. The van der Waals surface area contributed by atoms with Crippen molar-refractivity contribution in [2.75, 3.05) is 0 Å². The molecule has 4 heteroatoms. The molecule has 1 heterocycles. The van der Waals surface area contributed by atoms with Crippen LogP contribution in [0.1, 0.15) is 24.0 Å². The smallest absolute Gasteiger partial charge is 0.0675 e. The van der Waals surface area contributed by atoms with Crippen molar-refractivity contribution in [1.82, 2.24) is 15.1 Å². The van der Waals surface area contributed by atoms with Crippen molar-refractivity contribution in [3.05, 3.63) is 45.3 Å². The van der Waals surface area contributed by atoms with E-state index >= 15 is 0 Å². The van der Waals surface area contributed by atoms with Crippen LogP contribution in [0.25, 0.3) is 5.69 Å². The summed E-state index contributed by atoms with van der Waals surface area (Å²) >= 11 is 2.28. The highest BCUT2D eigenvalue weighted by molar-refractivity contribution is 14.1. The highest BCUT2D eigenvalue weighted by Crippen LogP contribution is 2.20. The van der Waals surface area contributed by atoms with Gasteiger partial charge in [-0.3, -0.25) is 0 Å². The molecule has 0 radical (unpaired) electrons. The lowest BCUT2D eigenvalue weighted by atomic mass is 10.1. The van der Waals surface area contributed by atoms with Gasteiger partial charge in [0.05, 0.1) is 15.5 Å². The van der Waals surface area contributed by atoms with Gasteiger partial charge in [0.1, 0.15) is 0 Å². The Morgan fingerprint density at radius 1 is 1.44 bits per heavy atom. The van der Waals surface area contributed by atoms with E-state index in [0.29, 0.717) is 0 Å². The van der Waals surface area contributed by atoms with Gasteiger partial charge in [0.15, 0.2) is 0 Å². The SMILES string of the molecule is Cc1cc(CNC2CC2)ccc1-n1cc(I)cn1. The van der Waals surface area contributed by atoms with Gasteiger partial charge in [-0.1, -0.05) is 12.1 Å². The molecule has 0 saturated heterocycles. The summed E-state index contributed by atoms with van der Waals surface area (Å²) in [6.45, 7) is 3.12. The summed E-state index contributed by atoms with van der Waals surface area (Å²) in [5.74, 6) is 0. The van der Waals surface area contributed by atoms with Gasteiger partial charge < -0.3 is 5.32 Å². The number of rotatable bonds is 4. The normalized spacial score (nSPS) is 15.0. The zero-order valence-corrected chi connectivity index (χ0v) is 12.5. The van der Waals surface area contributed by atoms with E-state index in [0.717, 1.165) is 21.8 Å². The maximum atomic E-state index is 4.35. The van der Waals surface area contributed by atoms with Crippen LogP contribution in [0.2, 0.25) is 0 Å². The third-order valence-electron chi connectivity index (χ3n) is 3.23. The van der Waals surface area contributed by atoms with Crippen molar-refractivity contribution in [2.45, 2.75) is 32.4 Å². The van der Waals surface area contributed by atoms with Crippen molar-refractivity contribution >= 4 is 22.6 Å². The molecule has 1 aromatic heterocycles. The number of halogens is 1. The highest BCUT2D eigenvalue weighted by atomic mass is 127. The number of nitrogens with one attached hydrogen (secondary N) is 1. The van der Waals surface area contributed by atoms with Gasteiger partial charge in [-0.15, -0.1) is 0 Å². The quantitative estimate of drug-likeness (QED) is 0.857. The summed E-state index contributed by atoms with van der Waals surface area (Å²) in [6, 6.07) is 7.35. The molecule has 94 valence electrons. The average molecular weight is 353 g/mol. The van der Waals surface area contributed by atoms with E-state index in [1.165, 1.54) is 24.0 Å². The largest absolute Gasteiger partial charge is 0.310 e. The first kappa shape index (κ1) is 12.2. The van der Waals surface area contributed by atoms with Crippen LogP contribution in [0, 0.1) is 10.5 Å². The summed E-state index contributed by atoms with van der Waals surface area (Å²) in [7, 11) is 0. The Labute approximate surface area is 121 Å². The second kappa shape index (κ2) is 5.01. The first-order valence-corrected chi connectivity index (χ1v) is 7.34. The van der Waals surface area contributed by atoms with Crippen molar-refractivity contribution in [1.29, 1.82) is 0 Å². The van der Waals surface area contributed by atoms with E-state index in [9.17, 15) is 0 Å². The molecule has 1 aromatic carbocycles. The molecule has 0 unspecified atom stereocenters. The van der Waals surface area contributed by atoms with Crippen LogP contribution in [0.4, 0.5) is 0 Å². The van der Waals surface area contributed by atoms with E-state index in [2.05, 4.69) is 58.1 Å². The Bertz CT molecular complexity index is 558. The Hall–Kier alpha value is -0.880. The zero-order chi connectivity index (χ0) is 12.5. The number of benzene rings is 1. The molecule has 3 nitrogen and oxygen atoms in total. The van der Waals surface area contributed by atoms with Crippen LogP contribution < -0.4 is 5.32 Å². The maximum absolute atomic E-state index is 4.35. The summed E-state index contributed by atoms with van der Waals surface area (Å²) in [4.78, 5) is 0. The summed E-state index contributed by atoms with van der Waals surface area (Å²) < 4.78 is 3.10. The van der Waals surface area contributed by atoms with Crippen molar-refractivity contribution in [3.63, 3.8) is 0 Å². The molecule has 0 spiro atoms. The average Bonchev–Trinajstić information content (AvgIpc) is 3.09. The molecule has 18 heavy (non-hydrogen) atoms. The molecule has 0 aliphatic heterocycles. The standard InChI is InChI=1S/C14H16IN3/c1-10-6-11(7-16-13-3-4-13)2-5-14(10)18-9-12(15)8-17-18/h2,5-6,8-9,13,16H,3-4,7H2,1H3. The lowest BCUT2D eigenvalue weighted by Crippen LogP contribution is -2.15. The third kappa shape index (κ3) is 2.75. The lowest BCUT2D eigenvalue weighted by molar-refractivity contribution is 0.687. The van der Waals surface area contributed by atoms with Crippen LogP contribution in [-0.4, -0.2) is 15.8 Å². The first-order chi connectivity index (χ1) is 8.72. The first-order valence-electron chi connectivity index (χ1n) is 6.26. The number of aromatic nitrogens is 2. The molecular formula is C14H16IN3. The lowest BCUT2D eigenvalue weighted by Gasteiger charge is -2.09. The van der Waals surface area contributed by atoms with Crippen LogP contribution in [0.5, 0.6) is 0 Å². The Kier molecular flexibility index (Phi) is 3.39. The van der Waals surface area contributed by atoms with Gasteiger partial charge in [0.25, 0.3) is 0 Å². The molecule has 1 fully saturated rings. The van der Waals surface area contributed by atoms with Crippen molar-refractivity contribution in [2.24, 2.45) is 0 Å². The fourth-order valence-electron chi connectivity index (χ4n) is 2.07. The van der Waals surface area contributed by atoms with E-state index in [4.69, 9.17) is 0 Å². The minimum absolute atomic E-state index is 0.762. The zero-order valence-electron chi connectivity index (χ0n) is 10.4. The monoisotopic (exact) mass is 353 g/mol. The molecule has 3 rings (SSSR count). The van der Waals surface area contributed by atoms with Gasteiger partial charge in [0, 0.05) is 18.8 Å². The van der Waals surface area contributed by atoms with Crippen molar-refractivity contribution < 1.29 is 0 Å². The van der Waals surface area contributed by atoms with E-state index < -0.39 is 0 Å². The molecule has 1 aliphatic carbocycles. The third-order valence-corrected chi connectivity index (χ3v) is 3.79. The molecule has 0 bridgehead atoms. The minimum atomic E-state index is 0.762. The van der Waals surface area contributed by atoms with Gasteiger partial charge in [-0.05, 0) is 59.5 Å². The summed E-state index contributed by atoms with van der Waals surface area (Å²) in [6.07, 6.45) is 6.60. The number of nitrogens with zero attached hydrogens (tertiary/aromatic N) is 2. The molecule has 2 aromatic rings. The predicted octanol–water partition coefficient (Wildman–Crippen LogP) is 3.04. The Morgan fingerprint density at radius 2 is 2.28 bits per heavy atom. The fourth-order valence-corrected chi connectivity index (χ4v) is 2.46. The topological polar surface area (TPSA) is 29.9 Å². The van der Waals surface area contributed by atoms with Crippen LogP contribution in [0.3, 0.4) is 0 Å². The second-order valence-electron chi connectivity index (χ2n) is 4.88. The molecule has 1 aliphatic rings. The Balaban J connectivity index is 1.79. The van der Waals surface area contributed by atoms with Gasteiger partial charge in [0.2, 0.25) is 0 Å². The predicted molar refractivity (Wildman–Crippen MR) is 80.9 cm³/mol. The van der Waals surface area contributed by atoms with Crippen LogP contribution in [0.15, 0.2) is 30.6 Å². The van der Waals surface area contributed by atoms with Gasteiger partial charge in [-0.2, -0.15) is 5.10 Å². The summed E-state index contributed by atoms with van der Waals surface area (Å²) in [5, 5.41) is 7.89. The number of hydrogen-bond acceptors (Lipinski definition) is 2. The van der Waals surface area contributed by atoms with Crippen LogP contribution >= 0.6 is 22.6 Å². The molecule has 0 atom stereocenters. The van der Waals surface area contributed by atoms with Crippen molar-refractivity contribution in [3.8, 4) is 5.69 Å².